The molecule has 0 saturated carbocycles. The Kier molecular flexibility index (Phi) is 4.72. The van der Waals surface area contributed by atoms with E-state index in [1.165, 1.54) is 12.1 Å². The van der Waals surface area contributed by atoms with Crippen LogP contribution in [-0.4, -0.2) is 8.42 Å². The number of nitrogen functional groups attached to an aromatic ring is 1. The molecule has 0 atom stereocenters. The Bertz CT molecular complexity index is 810. The van der Waals surface area contributed by atoms with Crippen molar-refractivity contribution in [1.29, 1.82) is 0 Å². The smallest absolute Gasteiger partial charge is 0.262 e. The molecule has 21 heavy (non-hydrogen) atoms. The zero-order chi connectivity index (χ0) is 15.8. The first-order valence-corrected chi connectivity index (χ1v) is 8.77. The van der Waals surface area contributed by atoms with Gasteiger partial charge in [-0.05, 0) is 42.8 Å². The molecule has 0 unspecified atom stereocenters. The molecule has 0 aliphatic carbocycles. The summed E-state index contributed by atoms with van der Waals surface area (Å²) in [6.45, 7) is 1.61. The van der Waals surface area contributed by atoms with Gasteiger partial charge in [-0.2, -0.15) is 0 Å². The monoisotopic (exact) mass is 408 g/mol. The van der Waals surface area contributed by atoms with Gasteiger partial charge in [0.2, 0.25) is 0 Å². The number of benzene rings is 2. The Morgan fingerprint density at radius 1 is 1.19 bits per heavy atom. The first-order valence-electron chi connectivity index (χ1n) is 5.74. The van der Waals surface area contributed by atoms with E-state index in [1.807, 2.05) is 0 Å². The highest BCUT2D eigenvalue weighted by molar-refractivity contribution is 9.10. The predicted molar refractivity (Wildman–Crippen MR) is 90.6 cm³/mol. The van der Waals surface area contributed by atoms with Gasteiger partial charge in [0.25, 0.3) is 10.0 Å². The normalized spacial score (nSPS) is 11.4. The second kappa shape index (κ2) is 6.04. The SMILES string of the molecule is Cc1c(N)cc(Cl)cc1S(=O)(=O)Nc1ccc(Br)cc1Cl. The van der Waals surface area contributed by atoms with Crippen molar-refractivity contribution in [3.8, 4) is 0 Å². The molecule has 3 N–H and O–H groups in total. The molecule has 0 bridgehead atoms. The molecule has 2 aromatic rings. The standard InChI is InChI=1S/C13H11BrCl2N2O2S/c1-7-11(17)5-9(15)6-13(7)21(19,20)18-12-3-2-8(14)4-10(12)16/h2-6,18H,17H2,1H3. The van der Waals surface area contributed by atoms with Gasteiger partial charge >= 0.3 is 0 Å². The van der Waals surface area contributed by atoms with Crippen LogP contribution in [0.25, 0.3) is 0 Å². The second-order valence-electron chi connectivity index (χ2n) is 4.35. The zero-order valence-electron chi connectivity index (χ0n) is 10.8. The van der Waals surface area contributed by atoms with E-state index in [0.29, 0.717) is 11.3 Å². The van der Waals surface area contributed by atoms with Crippen LogP contribution in [0.2, 0.25) is 10.0 Å². The molecule has 0 aliphatic rings. The summed E-state index contributed by atoms with van der Waals surface area (Å²) in [5.41, 5.74) is 6.77. The molecule has 112 valence electrons. The molecule has 0 radical (unpaired) electrons. The van der Waals surface area contributed by atoms with Gasteiger partial charge in [0, 0.05) is 15.2 Å². The average Bonchev–Trinajstić information content (AvgIpc) is 2.37. The molecule has 0 amide bonds. The number of nitrogens with one attached hydrogen (secondary N) is 1. The van der Waals surface area contributed by atoms with E-state index in [2.05, 4.69) is 20.7 Å². The average molecular weight is 410 g/mol. The molecule has 4 nitrogen and oxygen atoms in total. The minimum absolute atomic E-state index is 0.0199. The maximum atomic E-state index is 12.5. The van der Waals surface area contributed by atoms with E-state index in [1.54, 1.807) is 25.1 Å². The van der Waals surface area contributed by atoms with Crippen molar-refractivity contribution >= 4 is 60.5 Å². The fourth-order valence-electron chi connectivity index (χ4n) is 1.73. The van der Waals surface area contributed by atoms with Crippen LogP contribution in [0.4, 0.5) is 11.4 Å². The molecular weight excluding hydrogens is 399 g/mol. The molecular formula is C13H11BrCl2N2O2S. The van der Waals surface area contributed by atoms with Crippen molar-refractivity contribution in [2.24, 2.45) is 0 Å². The number of hydrogen-bond donors (Lipinski definition) is 2. The molecule has 0 fully saturated rings. The van der Waals surface area contributed by atoms with Crippen LogP contribution in [-0.2, 0) is 10.0 Å². The van der Waals surface area contributed by atoms with Gasteiger partial charge in [-0.15, -0.1) is 0 Å². The van der Waals surface area contributed by atoms with Crippen molar-refractivity contribution in [3.05, 3.63) is 50.4 Å². The van der Waals surface area contributed by atoms with E-state index >= 15 is 0 Å². The number of anilines is 2. The van der Waals surface area contributed by atoms with E-state index in [-0.39, 0.29) is 20.6 Å². The molecule has 2 aromatic carbocycles. The third kappa shape index (κ3) is 3.63. The largest absolute Gasteiger partial charge is 0.398 e. The lowest BCUT2D eigenvalue weighted by molar-refractivity contribution is 0.600. The lowest BCUT2D eigenvalue weighted by atomic mass is 10.2. The summed E-state index contributed by atoms with van der Waals surface area (Å²) in [5.74, 6) is 0. The highest BCUT2D eigenvalue weighted by Gasteiger charge is 2.20. The second-order valence-corrected chi connectivity index (χ2v) is 7.76. The first kappa shape index (κ1) is 16.4. The van der Waals surface area contributed by atoms with Gasteiger partial charge in [0.1, 0.15) is 0 Å². The lowest BCUT2D eigenvalue weighted by Gasteiger charge is -2.13. The summed E-state index contributed by atoms with van der Waals surface area (Å²) in [6, 6.07) is 7.69. The molecule has 2 rings (SSSR count). The number of nitrogens with two attached hydrogens (primary N) is 1. The van der Waals surface area contributed by atoms with Crippen molar-refractivity contribution in [3.63, 3.8) is 0 Å². The Labute approximate surface area is 141 Å². The third-order valence-electron chi connectivity index (χ3n) is 2.83. The Morgan fingerprint density at radius 3 is 2.48 bits per heavy atom. The number of rotatable bonds is 3. The van der Waals surface area contributed by atoms with Crippen LogP contribution in [0.1, 0.15) is 5.56 Å². The lowest BCUT2D eigenvalue weighted by Crippen LogP contribution is -2.15. The molecule has 0 saturated heterocycles. The predicted octanol–water partition coefficient (Wildman–Crippen LogP) is 4.45. The van der Waals surface area contributed by atoms with Crippen LogP contribution in [0, 0.1) is 6.92 Å². The Balaban J connectivity index is 2.48. The van der Waals surface area contributed by atoms with Gasteiger partial charge in [-0.25, -0.2) is 8.42 Å². The summed E-state index contributed by atoms with van der Waals surface area (Å²) in [6.07, 6.45) is 0. The quantitative estimate of drug-likeness (QED) is 0.735. The van der Waals surface area contributed by atoms with Gasteiger partial charge < -0.3 is 5.73 Å². The van der Waals surface area contributed by atoms with E-state index < -0.39 is 10.0 Å². The van der Waals surface area contributed by atoms with Crippen molar-refractivity contribution < 1.29 is 8.42 Å². The number of hydrogen-bond acceptors (Lipinski definition) is 3. The molecule has 0 heterocycles. The number of halogens is 3. The molecule has 0 aliphatic heterocycles. The Morgan fingerprint density at radius 2 is 1.86 bits per heavy atom. The fraction of sp³-hybridized carbons (Fsp3) is 0.0769. The molecule has 8 heteroatoms. The zero-order valence-corrected chi connectivity index (χ0v) is 14.7. The minimum atomic E-state index is -3.84. The summed E-state index contributed by atoms with van der Waals surface area (Å²) in [5, 5.41) is 0.529. The van der Waals surface area contributed by atoms with Crippen molar-refractivity contribution in [2.75, 3.05) is 10.5 Å². The van der Waals surface area contributed by atoms with E-state index in [0.717, 1.165) is 4.47 Å². The highest BCUT2D eigenvalue weighted by Crippen LogP contribution is 2.31. The van der Waals surface area contributed by atoms with Crippen LogP contribution in [0.3, 0.4) is 0 Å². The van der Waals surface area contributed by atoms with Crippen LogP contribution < -0.4 is 10.5 Å². The van der Waals surface area contributed by atoms with E-state index in [4.69, 9.17) is 28.9 Å². The molecule has 0 aromatic heterocycles. The summed E-state index contributed by atoms with van der Waals surface area (Å²) < 4.78 is 28.1. The maximum Gasteiger partial charge on any atom is 0.262 e. The summed E-state index contributed by atoms with van der Waals surface area (Å²) in [7, 11) is -3.84. The van der Waals surface area contributed by atoms with Crippen LogP contribution >= 0.6 is 39.1 Å². The number of sulfonamides is 1. The van der Waals surface area contributed by atoms with Crippen molar-refractivity contribution in [2.45, 2.75) is 11.8 Å². The summed E-state index contributed by atoms with van der Waals surface area (Å²) in [4.78, 5) is 0.0199. The van der Waals surface area contributed by atoms with Gasteiger partial charge in [-0.3, -0.25) is 4.72 Å². The third-order valence-corrected chi connectivity index (χ3v) is 5.35. The summed E-state index contributed by atoms with van der Waals surface area (Å²) >= 11 is 15.2. The van der Waals surface area contributed by atoms with Crippen LogP contribution in [0.15, 0.2) is 39.7 Å². The van der Waals surface area contributed by atoms with Crippen LogP contribution in [0.5, 0.6) is 0 Å². The maximum absolute atomic E-state index is 12.5. The molecule has 0 spiro atoms. The Hall–Kier alpha value is -0.950. The van der Waals surface area contributed by atoms with Crippen molar-refractivity contribution in [1.82, 2.24) is 0 Å². The van der Waals surface area contributed by atoms with Gasteiger partial charge in [-0.1, -0.05) is 39.1 Å². The minimum Gasteiger partial charge on any atom is -0.398 e. The van der Waals surface area contributed by atoms with E-state index in [9.17, 15) is 8.42 Å². The van der Waals surface area contributed by atoms with Gasteiger partial charge in [0.15, 0.2) is 0 Å². The highest BCUT2D eigenvalue weighted by atomic mass is 79.9. The fourth-order valence-corrected chi connectivity index (χ4v) is 4.17. The first-order chi connectivity index (χ1) is 9.70. The topological polar surface area (TPSA) is 72.2 Å². The van der Waals surface area contributed by atoms with Gasteiger partial charge in [0.05, 0.1) is 15.6 Å².